The van der Waals surface area contributed by atoms with Crippen LogP contribution in [0.4, 0.5) is 0 Å². The van der Waals surface area contributed by atoms with E-state index in [4.69, 9.17) is 9.15 Å². The average molecular weight is 167 g/mol. The van der Waals surface area contributed by atoms with Gasteiger partial charge in [-0.05, 0) is 19.1 Å². The maximum atomic E-state index is 5.27. The Kier molecular flexibility index (Phi) is 3.54. The third kappa shape index (κ3) is 2.88. The minimum absolute atomic E-state index is 0.649. The first kappa shape index (κ1) is 9.00. The number of hydrogen-bond donors (Lipinski definition) is 0. The normalized spacial score (nSPS) is 11.2. The summed E-state index contributed by atoms with van der Waals surface area (Å²) in [5, 5.41) is 0. The van der Waals surface area contributed by atoms with Crippen LogP contribution in [0.5, 0.6) is 0 Å². The van der Waals surface area contributed by atoms with Crippen LogP contribution in [-0.2, 0) is 4.74 Å². The van der Waals surface area contributed by atoms with Gasteiger partial charge in [-0.1, -0.05) is 0 Å². The molecule has 0 spiro atoms. The van der Waals surface area contributed by atoms with Crippen molar-refractivity contribution in [3.8, 4) is 0 Å². The van der Waals surface area contributed by atoms with E-state index in [2.05, 4.69) is 4.99 Å². The Bertz CT molecular complexity index is 253. The molecule has 0 aliphatic heterocycles. The number of aryl methyl sites for hydroxylation is 1. The van der Waals surface area contributed by atoms with Crippen LogP contribution in [0, 0.1) is 6.92 Å². The van der Waals surface area contributed by atoms with Crippen molar-refractivity contribution in [1.29, 1.82) is 0 Å². The molecule has 3 nitrogen and oxygen atoms in total. The topological polar surface area (TPSA) is 34.7 Å². The van der Waals surface area contributed by atoms with Crippen molar-refractivity contribution >= 4 is 6.21 Å². The maximum Gasteiger partial charge on any atom is 0.144 e. The smallest absolute Gasteiger partial charge is 0.144 e. The van der Waals surface area contributed by atoms with Gasteiger partial charge in [0.1, 0.15) is 11.5 Å². The number of aliphatic imine (C=N–C) groups is 1. The highest BCUT2D eigenvalue weighted by Gasteiger charge is 1.91. The maximum absolute atomic E-state index is 5.27. The molecule has 0 atom stereocenters. The van der Waals surface area contributed by atoms with Gasteiger partial charge in [-0.25, -0.2) is 0 Å². The van der Waals surface area contributed by atoms with E-state index in [0.717, 1.165) is 11.5 Å². The van der Waals surface area contributed by atoms with Crippen molar-refractivity contribution in [2.45, 2.75) is 6.92 Å². The van der Waals surface area contributed by atoms with Crippen LogP contribution in [0.2, 0.25) is 0 Å². The molecular weight excluding hydrogens is 154 g/mol. The largest absolute Gasteiger partial charge is 0.460 e. The van der Waals surface area contributed by atoms with Gasteiger partial charge < -0.3 is 9.15 Å². The van der Waals surface area contributed by atoms with Crippen molar-refractivity contribution in [2.75, 3.05) is 20.3 Å². The lowest BCUT2D eigenvalue weighted by atomic mass is 10.4. The molecule has 12 heavy (non-hydrogen) atoms. The molecule has 0 saturated carbocycles. The first-order valence-electron chi connectivity index (χ1n) is 3.88. The lowest BCUT2D eigenvalue weighted by Crippen LogP contribution is -1.92. The molecular formula is C9H13NO2. The summed E-state index contributed by atoms with van der Waals surface area (Å²) in [7, 11) is 1.66. The van der Waals surface area contributed by atoms with Gasteiger partial charge in [-0.3, -0.25) is 4.99 Å². The van der Waals surface area contributed by atoms with E-state index in [1.807, 2.05) is 19.1 Å². The molecule has 0 aromatic carbocycles. The second-order valence-electron chi connectivity index (χ2n) is 2.48. The van der Waals surface area contributed by atoms with Gasteiger partial charge in [-0.2, -0.15) is 0 Å². The lowest BCUT2D eigenvalue weighted by Gasteiger charge is -1.90. The summed E-state index contributed by atoms with van der Waals surface area (Å²) in [4.78, 5) is 4.10. The molecule has 0 N–H and O–H groups in total. The van der Waals surface area contributed by atoms with Crippen LogP contribution in [0.3, 0.4) is 0 Å². The molecule has 0 aliphatic rings. The van der Waals surface area contributed by atoms with E-state index in [-0.39, 0.29) is 0 Å². The van der Waals surface area contributed by atoms with E-state index >= 15 is 0 Å². The average Bonchev–Trinajstić information content (AvgIpc) is 2.45. The molecule has 1 rings (SSSR count). The van der Waals surface area contributed by atoms with E-state index in [9.17, 15) is 0 Å². The van der Waals surface area contributed by atoms with Crippen LogP contribution in [0.15, 0.2) is 21.5 Å². The summed E-state index contributed by atoms with van der Waals surface area (Å²) in [5.41, 5.74) is 0. The Labute approximate surface area is 72.1 Å². The molecule has 0 amide bonds. The number of methoxy groups -OCH3 is 1. The van der Waals surface area contributed by atoms with Gasteiger partial charge in [0.2, 0.25) is 0 Å². The molecule has 0 fully saturated rings. The fourth-order valence-electron chi connectivity index (χ4n) is 0.821. The van der Waals surface area contributed by atoms with Crippen molar-refractivity contribution in [3.63, 3.8) is 0 Å². The van der Waals surface area contributed by atoms with Crippen LogP contribution < -0.4 is 0 Å². The minimum Gasteiger partial charge on any atom is -0.460 e. The second-order valence-corrected chi connectivity index (χ2v) is 2.48. The predicted molar refractivity (Wildman–Crippen MR) is 47.8 cm³/mol. The van der Waals surface area contributed by atoms with Crippen molar-refractivity contribution in [1.82, 2.24) is 0 Å². The van der Waals surface area contributed by atoms with E-state index in [1.165, 1.54) is 0 Å². The number of furan rings is 1. The van der Waals surface area contributed by atoms with Gasteiger partial charge in [0.15, 0.2) is 0 Å². The SMILES string of the molecule is COCC/N=C/c1ccc(C)o1. The number of hydrogen-bond acceptors (Lipinski definition) is 3. The third-order valence-corrected chi connectivity index (χ3v) is 1.40. The first-order chi connectivity index (χ1) is 5.83. The fourth-order valence-corrected chi connectivity index (χ4v) is 0.821. The minimum atomic E-state index is 0.649. The zero-order valence-corrected chi connectivity index (χ0v) is 7.41. The number of ether oxygens (including phenoxy) is 1. The molecule has 1 heterocycles. The van der Waals surface area contributed by atoms with Crippen LogP contribution in [0.25, 0.3) is 0 Å². The molecule has 0 aliphatic carbocycles. The van der Waals surface area contributed by atoms with E-state index in [1.54, 1.807) is 13.3 Å². The Balaban J connectivity index is 2.36. The summed E-state index contributed by atoms with van der Waals surface area (Å²) in [6, 6.07) is 3.81. The van der Waals surface area contributed by atoms with Crippen molar-refractivity contribution < 1.29 is 9.15 Å². The summed E-state index contributed by atoms with van der Waals surface area (Å²) in [6.07, 6.45) is 1.71. The van der Waals surface area contributed by atoms with Gasteiger partial charge in [-0.15, -0.1) is 0 Å². The molecule has 0 saturated heterocycles. The highest BCUT2D eigenvalue weighted by atomic mass is 16.5. The molecule has 1 aromatic heterocycles. The zero-order valence-electron chi connectivity index (χ0n) is 7.41. The van der Waals surface area contributed by atoms with E-state index < -0.39 is 0 Å². The van der Waals surface area contributed by atoms with Gasteiger partial charge in [0.25, 0.3) is 0 Å². The fraction of sp³-hybridized carbons (Fsp3) is 0.444. The Morgan fingerprint density at radius 3 is 3.00 bits per heavy atom. The van der Waals surface area contributed by atoms with Crippen LogP contribution in [0.1, 0.15) is 11.5 Å². The Hall–Kier alpha value is -1.09. The molecule has 1 aromatic rings. The van der Waals surface area contributed by atoms with Crippen LogP contribution >= 0.6 is 0 Å². The molecule has 66 valence electrons. The van der Waals surface area contributed by atoms with E-state index in [0.29, 0.717) is 13.2 Å². The molecule has 0 bridgehead atoms. The quantitative estimate of drug-likeness (QED) is 0.505. The first-order valence-corrected chi connectivity index (χ1v) is 3.88. The van der Waals surface area contributed by atoms with Gasteiger partial charge >= 0.3 is 0 Å². The zero-order chi connectivity index (χ0) is 8.81. The highest BCUT2D eigenvalue weighted by Crippen LogP contribution is 2.02. The number of rotatable bonds is 4. The molecule has 0 unspecified atom stereocenters. The highest BCUT2D eigenvalue weighted by molar-refractivity contribution is 5.75. The van der Waals surface area contributed by atoms with Gasteiger partial charge in [0, 0.05) is 7.11 Å². The lowest BCUT2D eigenvalue weighted by molar-refractivity contribution is 0.208. The summed E-state index contributed by atoms with van der Waals surface area (Å²) >= 11 is 0. The third-order valence-electron chi connectivity index (χ3n) is 1.40. The summed E-state index contributed by atoms with van der Waals surface area (Å²) in [5.74, 6) is 1.70. The molecule has 0 radical (unpaired) electrons. The molecule has 3 heteroatoms. The van der Waals surface area contributed by atoms with Crippen LogP contribution in [-0.4, -0.2) is 26.5 Å². The van der Waals surface area contributed by atoms with Crippen molar-refractivity contribution in [3.05, 3.63) is 23.7 Å². The second kappa shape index (κ2) is 4.72. The Morgan fingerprint density at radius 2 is 2.42 bits per heavy atom. The standard InChI is InChI=1S/C9H13NO2/c1-8-3-4-9(12-8)7-10-5-6-11-2/h3-4,7H,5-6H2,1-2H3/b10-7+. The summed E-state index contributed by atoms with van der Waals surface area (Å²) in [6.45, 7) is 3.24. The Morgan fingerprint density at radius 1 is 1.58 bits per heavy atom. The monoisotopic (exact) mass is 167 g/mol. The van der Waals surface area contributed by atoms with Gasteiger partial charge in [0.05, 0.1) is 19.4 Å². The number of nitrogens with zero attached hydrogens (tertiary/aromatic N) is 1. The predicted octanol–water partition coefficient (Wildman–Crippen LogP) is 1.65. The van der Waals surface area contributed by atoms with Crippen molar-refractivity contribution in [2.24, 2.45) is 4.99 Å². The summed E-state index contributed by atoms with van der Waals surface area (Å²) < 4.78 is 10.1.